The van der Waals surface area contributed by atoms with Gasteiger partial charge < -0.3 is 25.6 Å². The van der Waals surface area contributed by atoms with Crippen LogP contribution in [-0.4, -0.2) is 56.2 Å². The van der Waals surface area contributed by atoms with Crippen LogP contribution in [0.1, 0.15) is 37.7 Å². The molecule has 1 saturated heterocycles. The van der Waals surface area contributed by atoms with E-state index in [4.69, 9.17) is 27.9 Å². The molecule has 7 nitrogen and oxygen atoms in total. The standard InChI is InChI=1S/C27H34Cl2N4O3/c1-36-25-8-4-3-7-24(25)32-27(35)31-21-13-17-33(18-14-21)16-6-2-5-15-30-26(34)12-10-20-9-11-22(28)23(29)19-20/h3-4,7-12,19,21H,2,5-6,13-18H2,1H3,(H,30,34)(H2,31,32,35)/b12-10+. The van der Waals surface area contributed by atoms with Crippen molar-refractivity contribution in [2.45, 2.75) is 38.1 Å². The number of urea groups is 1. The number of halogens is 2. The van der Waals surface area contributed by atoms with Gasteiger partial charge in [-0.25, -0.2) is 4.79 Å². The molecule has 0 radical (unpaired) electrons. The smallest absolute Gasteiger partial charge is 0.319 e. The highest BCUT2D eigenvalue weighted by atomic mass is 35.5. The molecule has 0 aliphatic carbocycles. The summed E-state index contributed by atoms with van der Waals surface area (Å²) >= 11 is 11.9. The van der Waals surface area contributed by atoms with Gasteiger partial charge in [-0.1, -0.05) is 47.8 Å². The van der Waals surface area contributed by atoms with Crippen LogP contribution in [0.5, 0.6) is 5.75 Å². The Labute approximate surface area is 223 Å². The molecule has 0 unspecified atom stereocenters. The maximum Gasteiger partial charge on any atom is 0.319 e. The lowest BCUT2D eigenvalue weighted by Crippen LogP contribution is -2.46. The minimum Gasteiger partial charge on any atom is -0.495 e. The van der Waals surface area contributed by atoms with E-state index >= 15 is 0 Å². The Balaban J connectivity index is 1.23. The van der Waals surface area contributed by atoms with E-state index in [-0.39, 0.29) is 18.0 Å². The van der Waals surface area contributed by atoms with Crippen molar-refractivity contribution in [2.75, 3.05) is 38.6 Å². The number of hydrogen-bond donors (Lipinski definition) is 3. The van der Waals surface area contributed by atoms with E-state index in [1.165, 1.54) is 6.08 Å². The van der Waals surface area contributed by atoms with Crippen LogP contribution in [-0.2, 0) is 4.79 Å². The van der Waals surface area contributed by atoms with Gasteiger partial charge in [0.05, 0.1) is 22.8 Å². The van der Waals surface area contributed by atoms with Crippen molar-refractivity contribution in [1.82, 2.24) is 15.5 Å². The summed E-state index contributed by atoms with van der Waals surface area (Å²) in [6.07, 6.45) is 8.17. The third-order valence-electron chi connectivity index (χ3n) is 6.10. The molecule has 36 heavy (non-hydrogen) atoms. The van der Waals surface area contributed by atoms with Crippen molar-refractivity contribution in [3.63, 3.8) is 0 Å². The van der Waals surface area contributed by atoms with Crippen LogP contribution in [0.25, 0.3) is 6.08 Å². The number of rotatable bonds is 11. The number of piperidine rings is 1. The molecule has 0 aromatic heterocycles. The van der Waals surface area contributed by atoms with E-state index in [1.54, 1.807) is 25.3 Å². The Morgan fingerprint density at radius 3 is 2.58 bits per heavy atom. The molecule has 1 aliphatic heterocycles. The highest BCUT2D eigenvalue weighted by Gasteiger charge is 2.20. The Morgan fingerprint density at radius 2 is 1.83 bits per heavy atom. The van der Waals surface area contributed by atoms with Crippen LogP contribution in [0.2, 0.25) is 10.0 Å². The second-order valence-electron chi connectivity index (χ2n) is 8.77. The molecule has 0 spiro atoms. The number of anilines is 1. The number of methoxy groups -OCH3 is 1. The summed E-state index contributed by atoms with van der Waals surface area (Å²) in [5.74, 6) is 0.521. The van der Waals surface area contributed by atoms with E-state index in [0.717, 1.165) is 57.3 Å². The zero-order valence-corrected chi connectivity index (χ0v) is 22.1. The van der Waals surface area contributed by atoms with Crippen LogP contribution in [0, 0.1) is 0 Å². The Hall–Kier alpha value is -2.74. The predicted octanol–water partition coefficient (Wildman–Crippen LogP) is 5.59. The highest BCUT2D eigenvalue weighted by Crippen LogP contribution is 2.24. The van der Waals surface area contributed by atoms with Crippen LogP contribution in [0.15, 0.2) is 48.5 Å². The van der Waals surface area contributed by atoms with Gasteiger partial charge in [0.25, 0.3) is 0 Å². The number of amides is 3. The molecule has 194 valence electrons. The first kappa shape index (κ1) is 27.8. The van der Waals surface area contributed by atoms with E-state index in [0.29, 0.717) is 28.0 Å². The Morgan fingerprint density at radius 1 is 1.06 bits per heavy atom. The van der Waals surface area contributed by atoms with Gasteiger partial charge in [0.1, 0.15) is 5.75 Å². The summed E-state index contributed by atoms with van der Waals surface area (Å²) in [4.78, 5) is 26.8. The van der Waals surface area contributed by atoms with Crippen LogP contribution < -0.4 is 20.7 Å². The van der Waals surface area contributed by atoms with E-state index in [9.17, 15) is 9.59 Å². The molecule has 1 aliphatic rings. The molecular formula is C27H34Cl2N4O3. The lowest BCUT2D eigenvalue weighted by Gasteiger charge is -2.32. The number of carbonyl (C=O) groups excluding carboxylic acids is 2. The van der Waals surface area contributed by atoms with Crippen LogP contribution in [0.4, 0.5) is 10.5 Å². The molecule has 1 heterocycles. The van der Waals surface area contributed by atoms with E-state index < -0.39 is 0 Å². The highest BCUT2D eigenvalue weighted by molar-refractivity contribution is 6.42. The third-order valence-corrected chi connectivity index (χ3v) is 6.84. The summed E-state index contributed by atoms with van der Waals surface area (Å²) in [7, 11) is 1.59. The fraction of sp³-hybridized carbons (Fsp3) is 0.407. The summed E-state index contributed by atoms with van der Waals surface area (Å²) < 4.78 is 5.28. The van der Waals surface area contributed by atoms with Crippen LogP contribution >= 0.6 is 23.2 Å². The molecule has 3 N–H and O–H groups in total. The van der Waals surface area contributed by atoms with Gasteiger partial charge in [-0.3, -0.25) is 4.79 Å². The lowest BCUT2D eigenvalue weighted by molar-refractivity contribution is -0.116. The number of ether oxygens (including phenoxy) is 1. The number of nitrogens with one attached hydrogen (secondary N) is 3. The van der Waals surface area contributed by atoms with Crippen molar-refractivity contribution in [2.24, 2.45) is 0 Å². The molecule has 1 fully saturated rings. The van der Waals surface area contributed by atoms with E-state index in [1.807, 2.05) is 30.3 Å². The average molecular weight is 534 g/mol. The average Bonchev–Trinajstić information content (AvgIpc) is 2.88. The number of likely N-dealkylation sites (tertiary alicyclic amines) is 1. The number of nitrogens with zero attached hydrogens (tertiary/aromatic N) is 1. The van der Waals surface area contributed by atoms with Gasteiger partial charge in [-0.05, 0) is 68.1 Å². The molecule has 2 aromatic rings. The monoisotopic (exact) mass is 532 g/mol. The molecule has 9 heteroatoms. The molecule has 0 atom stereocenters. The normalized spacial score (nSPS) is 14.5. The Kier molecular flexibility index (Phi) is 11.4. The van der Waals surface area contributed by atoms with Crippen LogP contribution in [0.3, 0.4) is 0 Å². The summed E-state index contributed by atoms with van der Waals surface area (Å²) in [5, 5.41) is 9.81. The van der Waals surface area contributed by atoms with Gasteiger partial charge in [0, 0.05) is 31.8 Å². The predicted molar refractivity (Wildman–Crippen MR) is 147 cm³/mol. The second-order valence-corrected chi connectivity index (χ2v) is 9.59. The number of benzene rings is 2. The van der Waals surface area contributed by atoms with Crippen molar-refractivity contribution < 1.29 is 14.3 Å². The first-order chi connectivity index (χ1) is 17.4. The van der Waals surface area contributed by atoms with Crippen molar-refractivity contribution in [1.29, 1.82) is 0 Å². The van der Waals surface area contributed by atoms with Gasteiger partial charge in [-0.15, -0.1) is 0 Å². The maximum atomic E-state index is 12.4. The molecule has 2 aromatic carbocycles. The van der Waals surface area contributed by atoms with Crippen molar-refractivity contribution >= 4 is 46.9 Å². The number of hydrogen-bond acceptors (Lipinski definition) is 4. The summed E-state index contributed by atoms with van der Waals surface area (Å²) in [6, 6.07) is 12.6. The van der Waals surface area contributed by atoms with Gasteiger partial charge in [0.2, 0.25) is 5.91 Å². The lowest BCUT2D eigenvalue weighted by atomic mass is 10.0. The minimum atomic E-state index is -0.202. The molecule has 0 bridgehead atoms. The minimum absolute atomic E-state index is 0.120. The number of carbonyl (C=O) groups is 2. The fourth-order valence-corrected chi connectivity index (χ4v) is 4.39. The zero-order chi connectivity index (χ0) is 25.8. The largest absolute Gasteiger partial charge is 0.495 e. The van der Waals surface area contributed by atoms with Crippen molar-refractivity contribution in [3.8, 4) is 5.75 Å². The maximum absolute atomic E-state index is 12.4. The van der Waals surface area contributed by atoms with Gasteiger partial charge in [-0.2, -0.15) is 0 Å². The molecule has 3 rings (SSSR count). The Bertz CT molecular complexity index is 1040. The van der Waals surface area contributed by atoms with E-state index in [2.05, 4.69) is 20.9 Å². The molecular weight excluding hydrogens is 499 g/mol. The van der Waals surface area contributed by atoms with Crippen molar-refractivity contribution in [3.05, 3.63) is 64.1 Å². The van der Waals surface area contributed by atoms with Gasteiger partial charge >= 0.3 is 6.03 Å². The summed E-state index contributed by atoms with van der Waals surface area (Å²) in [6.45, 7) is 3.62. The molecule has 3 amide bonds. The second kappa shape index (κ2) is 14.7. The van der Waals surface area contributed by atoms with Gasteiger partial charge in [0.15, 0.2) is 0 Å². The fourth-order valence-electron chi connectivity index (χ4n) is 4.09. The quantitative estimate of drug-likeness (QED) is 0.260. The topological polar surface area (TPSA) is 82.7 Å². The summed E-state index contributed by atoms with van der Waals surface area (Å²) in [5.41, 5.74) is 1.49. The third kappa shape index (κ3) is 9.37. The zero-order valence-electron chi connectivity index (χ0n) is 20.6. The number of unbranched alkanes of at least 4 members (excludes halogenated alkanes) is 2. The first-order valence-electron chi connectivity index (χ1n) is 12.3. The molecule has 0 saturated carbocycles. The SMILES string of the molecule is COc1ccccc1NC(=O)NC1CCN(CCCCCNC(=O)/C=C/c2ccc(Cl)c(Cl)c2)CC1. The number of para-hydroxylation sites is 2. The first-order valence-corrected chi connectivity index (χ1v) is 13.0.